The summed E-state index contributed by atoms with van der Waals surface area (Å²) in [6.45, 7) is 3.12. The second kappa shape index (κ2) is 7.98. The van der Waals surface area contributed by atoms with Gasteiger partial charge in [0.05, 0.1) is 6.54 Å². The van der Waals surface area contributed by atoms with E-state index < -0.39 is 0 Å². The van der Waals surface area contributed by atoms with E-state index in [-0.39, 0.29) is 18.4 Å². The van der Waals surface area contributed by atoms with Crippen LogP contribution in [0.1, 0.15) is 27.2 Å². The summed E-state index contributed by atoms with van der Waals surface area (Å²) in [5.41, 5.74) is 3.45. The minimum atomic E-state index is -0.295. The van der Waals surface area contributed by atoms with E-state index in [1.807, 2.05) is 54.2 Å². The number of fused-ring (bicyclic) bond motifs is 1. The van der Waals surface area contributed by atoms with Crippen LogP contribution in [0.4, 0.5) is 0 Å². The third kappa shape index (κ3) is 3.87. The first-order valence-corrected chi connectivity index (χ1v) is 9.96. The fraction of sp³-hybridized carbons (Fsp3) is 0.174. The minimum Gasteiger partial charge on any atom is -0.454 e. The van der Waals surface area contributed by atoms with Gasteiger partial charge < -0.3 is 19.4 Å². The van der Waals surface area contributed by atoms with Crippen molar-refractivity contribution in [3.63, 3.8) is 0 Å². The summed E-state index contributed by atoms with van der Waals surface area (Å²) in [7, 11) is 0. The highest BCUT2D eigenvalue weighted by atomic mass is 16.7. The lowest BCUT2D eigenvalue weighted by molar-refractivity contribution is 0.0945. The molecule has 8 nitrogen and oxygen atoms in total. The molecule has 4 aromatic rings. The lowest BCUT2D eigenvalue weighted by Crippen LogP contribution is -2.25. The molecule has 0 fully saturated rings. The van der Waals surface area contributed by atoms with Gasteiger partial charge in [0.15, 0.2) is 23.0 Å². The highest BCUT2D eigenvalue weighted by molar-refractivity contribution is 5.95. The van der Waals surface area contributed by atoms with Gasteiger partial charge in [-0.25, -0.2) is 4.68 Å². The van der Waals surface area contributed by atoms with E-state index in [2.05, 4.69) is 39.9 Å². The molecule has 0 unspecified atom stereocenters. The van der Waals surface area contributed by atoms with Gasteiger partial charge in [0.2, 0.25) is 6.79 Å². The van der Waals surface area contributed by atoms with Crippen LogP contribution in [0.3, 0.4) is 0 Å². The molecule has 0 atom stereocenters. The number of ether oxygens (including phenoxy) is 2. The van der Waals surface area contributed by atoms with Crippen LogP contribution < -0.4 is 14.8 Å². The first-order chi connectivity index (χ1) is 15.2. The van der Waals surface area contributed by atoms with Gasteiger partial charge in [-0.2, -0.15) is 0 Å². The maximum atomic E-state index is 13.0. The number of aromatic nitrogens is 4. The summed E-state index contributed by atoms with van der Waals surface area (Å²) in [6.07, 6.45) is 3.75. The summed E-state index contributed by atoms with van der Waals surface area (Å²) >= 11 is 0. The van der Waals surface area contributed by atoms with Crippen molar-refractivity contribution < 1.29 is 14.3 Å². The first kappa shape index (κ1) is 18.9. The molecule has 8 heteroatoms. The minimum absolute atomic E-state index is 0.218. The molecule has 156 valence electrons. The topological polar surface area (TPSA) is 83.2 Å². The third-order valence-electron chi connectivity index (χ3n) is 5.12. The smallest absolute Gasteiger partial charge is 0.276 e. The number of carbonyl (C=O) groups excluding carboxylic acids is 1. The predicted octanol–water partition coefficient (Wildman–Crippen LogP) is 3.08. The van der Waals surface area contributed by atoms with Gasteiger partial charge in [-0.1, -0.05) is 41.1 Å². The van der Waals surface area contributed by atoms with Crippen LogP contribution in [0.5, 0.6) is 11.5 Å². The summed E-state index contributed by atoms with van der Waals surface area (Å²) in [5.74, 6) is 1.72. The van der Waals surface area contributed by atoms with E-state index in [9.17, 15) is 4.79 Å². The fourth-order valence-corrected chi connectivity index (χ4v) is 3.48. The maximum Gasteiger partial charge on any atom is 0.276 e. The summed E-state index contributed by atoms with van der Waals surface area (Å²) < 4.78 is 14.3. The number of nitrogens with zero attached hydrogens (tertiary/aromatic N) is 4. The van der Waals surface area contributed by atoms with Gasteiger partial charge >= 0.3 is 0 Å². The maximum absolute atomic E-state index is 13.0. The number of aryl methyl sites for hydroxylation is 1. The van der Waals surface area contributed by atoms with E-state index in [0.29, 0.717) is 30.4 Å². The molecule has 0 saturated carbocycles. The van der Waals surface area contributed by atoms with Crippen molar-refractivity contribution >= 4 is 5.91 Å². The van der Waals surface area contributed by atoms with Crippen molar-refractivity contribution in [3.8, 4) is 17.3 Å². The molecule has 1 amide bonds. The van der Waals surface area contributed by atoms with Crippen LogP contribution >= 0.6 is 0 Å². The van der Waals surface area contributed by atoms with Crippen molar-refractivity contribution in [1.82, 2.24) is 24.9 Å². The van der Waals surface area contributed by atoms with E-state index in [4.69, 9.17) is 9.47 Å². The van der Waals surface area contributed by atoms with Crippen molar-refractivity contribution in [2.75, 3.05) is 6.79 Å². The van der Waals surface area contributed by atoms with Crippen molar-refractivity contribution in [1.29, 1.82) is 0 Å². The molecule has 0 radical (unpaired) electrons. The number of hydrogen-bond acceptors (Lipinski definition) is 5. The zero-order valence-electron chi connectivity index (χ0n) is 17.0. The van der Waals surface area contributed by atoms with Crippen molar-refractivity contribution in [2.24, 2.45) is 0 Å². The van der Waals surface area contributed by atoms with E-state index >= 15 is 0 Å². The van der Waals surface area contributed by atoms with E-state index in [1.54, 1.807) is 4.68 Å². The van der Waals surface area contributed by atoms with Gasteiger partial charge in [0.25, 0.3) is 5.91 Å². The number of hydrogen-bond donors (Lipinski definition) is 1. The zero-order valence-corrected chi connectivity index (χ0v) is 17.0. The molecule has 2 aromatic carbocycles. The SMILES string of the molecule is Cc1ccc(Cn2nnc(C(=O)NCc3ccc4c(c3)OCO4)c2-n2cccc2)cc1. The summed E-state index contributed by atoms with van der Waals surface area (Å²) in [4.78, 5) is 13.0. The first-order valence-electron chi connectivity index (χ1n) is 9.96. The molecule has 1 aliphatic rings. The Morgan fingerprint density at radius 1 is 1.03 bits per heavy atom. The van der Waals surface area contributed by atoms with Gasteiger partial charge in [0, 0.05) is 18.9 Å². The molecule has 1 N–H and O–H groups in total. The van der Waals surface area contributed by atoms with E-state index in [0.717, 1.165) is 11.1 Å². The van der Waals surface area contributed by atoms with Crippen molar-refractivity contribution in [3.05, 3.63) is 89.4 Å². The summed E-state index contributed by atoms with van der Waals surface area (Å²) in [6, 6.07) is 17.6. The molecule has 1 aliphatic heterocycles. The number of rotatable bonds is 6. The Balaban J connectivity index is 1.38. The molecule has 0 aliphatic carbocycles. The number of benzene rings is 2. The van der Waals surface area contributed by atoms with Gasteiger partial charge in [-0.3, -0.25) is 4.79 Å². The van der Waals surface area contributed by atoms with Gasteiger partial charge in [-0.15, -0.1) is 5.10 Å². The Bertz CT molecular complexity index is 1210. The molecule has 3 heterocycles. The van der Waals surface area contributed by atoms with Crippen LogP contribution in [-0.2, 0) is 13.1 Å². The van der Waals surface area contributed by atoms with Crippen molar-refractivity contribution in [2.45, 2.75) is 20.0 Å². The number of amides is 1. The molecular weight excluding hydrogens is 394 g/mol. The Morgan fingerprint density at radius 3 is 2.58 bits per heavy atom. The molecule has 31 heavy (non-hydrogen) atoms. The largest absolute Gasteiger partial charge is 0.454 e. The van der Waals surface area contributed by atoms with Crippen LogP contribution in [0, 0.1) is 6.92 Å². The third-order valence-corrected chi connectivity index (χ3v) is 5.12. The highest BCUT2D eigenvalue weighted by Gasteiger charge is 2.21. The summed E-state index contributed by atoms with van der Waals surface area (Å²) in [5, 5.41) is 11.4. The fourth-order valence-electron chi connectivity index (χ4n) is 3.48. The zero-order chi connectivity index (χ0) is 21.2. The van der Waals surface area contributed by atoms with Crippen LogP contribution in [0.25, 0.3) is 5.82 Å². The number of nitrogens with one attached hydrogen (secondary N) is 1. The highest BCUT2D eigenvalue weighted by Crippen LogP contribution is 2.32. The Hall–Kier alpha value is -4.07. The second-order valence-corrected chi connectivity index (χ2v) is 7.37. The molecule has 0 bridgehead atoms. The quantitative estimate of drug-likeness (QED) is 0.523. The Kier molecular flexibility index (Phi) is 4.87. The average Bonchev–Trinajstić information content (AvgIpc) is 3.53. The second-order valence-electron chi connectivity index (χ2n) is 7.37. The van der Waals surface area contributed by atoms with Crippen LogP contribution in [-0.4, -0.2) is 32.3 Å². The Morgan fingerprint density at radius 2 is 1.77 bits per heavy atom. The predicted molar refractivity (Wildman–Crippen MR) is 113 cm³/mol. The Labute approximate surface area is 179 Å². The van der Waals surface area contributed by atoms with Gasteiger partial charge in [0.1, 0.15) is 0 Å². The van der Waals surface area contributed by atoms with Gasteiger partial charge in [-0.05, 0) is 42.3 Å². The molecule has 0 saturated heterocycles. The normalized spacial score (nSPS) is 12.2. The standard InChI is InChI=1S/C23H21N5O3/c1-16-4-6-17(7-5-16)14-28-23(27-10-2-3-11-27)21(25-26-28)22(29)24-13-18-8-9-19-20(12-18)31-15-30-19/h2-12H,13-15H2,1H3,(H,24,29). The lowest BCUT2D eigenvalue weighted by Gasteiger charge is -2.10. The molecule has 2 aromatic heterocycles. The lowest BCUT2D eigenvalue weighted by atomic mass is 10.1. The molecule has 5 rings (SSSR count). The van der Waals surface area contributed by atoms with Crippen LogP contribution in [0.2, 0.25) is 0 Å². The van der Waals surface area contributed by atoms with E-state index in [1.165, 1.54) is 5.56 Å². The molecular formula is C23H21N5O3. The number of carbonyl (C=O) groups is 1. The van der Waals surface area contributed by atoms with Crippen LogP contribution in [0.15, 0.2) is 67.0 Å². The molecule has 0 spiro atoms. The monoisotopic (exact) mass is 415 g/mol. The average molecular weight is 415 g/mol.